The number of halogens is 1. The number of amides is 2. The molecule has 2 N–H and O–H groups in total. The van der Waals surface area contributed by atoms with Crippen molar-refractivity contribution in [1.82, 2.24) is 0 Å². The lowest BCUT2D eigenvalue weighted by Crippen LogP contribution is -2.20. The SMILES string of the molecule is O=C(COc1ccccc1)Nc1ccc(SC(C(=O)Nc2ccc(Cl)cc2)c2ccccc2)cc1. The summed E-state index contributed by atoms with van der Waals surface area (Å²) in [7, 11) is 0. The van der Waals surface area contributed by atoms with E-state index in [9.17, 15) is 9.59 Å². The van der Waals surface area contributed by atoms with Gasteiger partial charge >= 0.3 is 0 Å². The van der Waals surface area contributed by atoms with Gasteiger partial charge in [0.2, 0.25) is 5.91 Å². The Hall–Kier alpha value is -3.74. The van der Waals surface area contributed by atoms with Crippen LogP contribution in [0.2, 0.25) is 5.02 Å². The number of benzene rings is 4. The molecule has 0 aliphatic rings. The fourth-order valence-corrected chi connectivity index (χ4v) is 4.41. The summed E-state index contributed by atoms with van der Waals surface area (Å²) in [4.78, 5) is 26.3. The van der Waals surface area contributed by atoms with Crippen molar-refractivity contribution in [2.75, 3.05) is 17.2 Å². The first-order valence-electron chi connectivity index (χ1n) is 10.9. The van der Waals surface area contributed by atoms with E-state index in [2.05, 4.69) is 10.6 Å². The highest BCUT2D eigenvalue weighted by Crippen LogP contribution is 2.36. The molecule has 0 bridgehead atoms. The third-order valence-electron chi connectivity index (χ3n) is 4.96. The van der Waals surface area contributed by atoms with Gasteiger partial charge in [-0.05, 0) is 66.2 Å². The third kappa shape index (κ3) is 7.37. The lowest BCUT2D eigenvalue weighted by atomic mass is 10.1. The Kier molecular flexibility index (Phi) is 8.44. The van der Waals surface area contributed by atoms with Crippen molar-refractivity contribution in [1.29, 1.82) is 0 Å². The van der Waals surface area contributed by atoms with Gasteiger partial charge in [-0.2, -0.15) is 0 Å². The smallest absolute Gasteiger partial charge is 0.262 e. The first-order chi connectivity index (χ1) is 17.1. The average Bonchev–Trinajstić information content (AvgIpc) is 2.89. The van der Waals surface area contributed by atoms with Crippen molar-refractivity contribution >= 4 is 46.6 Å². The molecule has 4 rings (SSSR count). The minimum absolute atomic E-state index is 0.0819. The Bertz CT molecular complexity index is 1250. The highest BCUT2D eigenvalue weighted by atomic mass is 35.5. The van der Waals surface area contributed by atoms with E-state index < -0.39 is 5.25 Å². The molecule has 0 aromatic heterocycles. The molecule has 0 aliphatic carbocycles. The number of carbonyl (C=O) groups is 2. The van der Waals surface area contributed by atoms with Crippen LogP contribution >= 0.6 is 23.4 Å². The van der Waals surface area contributed by atoms with Crippen LogP contribution in [0, 0.1) is 0 Å². The van der Waals surface area contributed by atoms with E-state index in [1.807, 2.05) is 72.8 Å². The molecular formula is C28H23ClN2O3S. The van der Waals surface area contributed by atoms with Gasteiger partial charge in [-0.1, -0.05) is 60.1 Å². The summed E-state index contributed by atoms with van der Waals surface area (Å²) >= 11 is 7.39. The summed E-state index contributed by atoms with van der Waals surface area (Å²) in [5.41, 5.74) is 2.22. The number of nitrogens with one attached hydrogen (secondary N) is 2. The van der Waals surface area contributed by atoms with Crippen LogP contribution < -0.4 is 15.4 Å². The van der Waals surface area contributed by atoms with Crippen LogP contribution in [0.15, 0.2) is 114 Å². The van der Waals surface area contributed by atoms with E-state index >= 15 is 0 Å². The van der Waals surface area contributed by atoms with Crippen LogP contribution in [0.3, 0.4) is 0 Å². The molecular weight excluding hydrogens is 480 g/mol. The molecule has 0 aliphatic heterocycles. The first kappa shape index (κ1) is 24.4. The quantitative estimate of drug-likeness (QED) is 0.246. The molecule has 0 radical (unpaired) electrons. The van der Waals surface area contributed by atoms with E-state index in [4.69, 9.17) is 16.3 Å². The largest absolute Gasteiger partial charge is 0.484 e. The third-order valence-corrected chi connectivity index (χ3v) is 6.48. The van der Waals surface area contributed by atoms with Crippen molar-refractivity contribution in [3.05, 3.63) is 120 Å². The Morgan fingerprint density at radius 2 is 1.31 bits per heavy atom. The molecule has 0 saturated heterocycles. The second-order valence-corrected chi connectivity index (χ2v) is 9.19. The molecule has 4 aromatic rings. The van der Waals surface area contributed by atoms with Gasteiger partial charge in [0.25, 0.3) is 5.91 Å². The Labute approximate surface area is 213 Å². The van der Waals surface area contributed by atoms with Gasteiger partial charge in [0, 0.05) is 21.3 Å². The standard InChI is InChI=1S/C28H23ClN2O3S/c29-21-11-13-23(14-12-21)31-28(33)27(20-7-3-1-4-8-20)35-25-17-15-22(16-18-25)30-26(32)19-34-24-9-5-2-6-10-24/h1-18,27H,19H2,(H,30,32)(H,31,33). The molecule has 0 heterocycles. The molecule has 7 heteroatoms. The number of rotatable bonds is 9. The molecule has 176 valence electrons. The zero-order chi connectivity index (χ0) is 24.5. The minimum Gasteiger partial charge on any atom is -0.484 e. The minimum atomic E-state index is -0.466. The molecule has 5 nitrogen and oxygen atoms in total. The molecule has 0 spiro atoms. The fourth-order valence-electron chi connectivity index (χ4n) is 3.26. The Morgan fingerprint density at radius 1 is 0.743 bits per heavy atom. The van der Waals surface area contributed by atoms with Gasteiger partial charge in [-0.25, -0.2) is 0 Å². The van der Waals surface area contributed by atoms with Crippen molar-refractivity contribution in [3.8, 4) is 5.75 Å². The summed E-state index contributed by atoms with van der Waals surface area (Å²) in [5, 5.41) is 5.93. The number of para-hydroxylation sites is 1. The summed E-state index contributed by atoms with van der Waals surface area (Å²) in [6.45, 7) is -0.0819. The first-order valence-corrected chi connectivity index (χ1v) is 12.2. The molecule has 0 fully saturated rings. The predicted octanol–water partition coefficient (Wildman–Crippen LogP) is 6.83. The van der Waals surface area contributed by atoms with Crippen LogP contribution in [0.1, 0.15) is 10.8 Å². The summed E-state index contributed by atoms with van der Waals surface area (Å²) in [6.07, 6.45) is 0. The van der Waals surface area contributed by atoms with Gasteiger partial charge in [0.15, 0.2) is 6.61 Å². The zero-order valence-electron chi connectivity index (χ0n) is 18.7. The van der Waals surface area contributed by atoms with E-state index in [1.54, 1.807) is 36.4 Å². The van der Waals surface area contributed by atoms with E-state index in [0.29, 0.717) is 22.1 Å². The average molecular weight is 503 g/mol. The van der Waals surface area contributed by atoms with Crippen LogP contribution in [0.5, 0.6) is 5.75 Å². The molecule has 1 atom stereocenters. The monoisotopic (exact) mass is 502 g/mol. The highest BCUT2D eigenvalue weighted by Gasteiger charge is 2.22. The maximum Gasteiger partial charge on any atom is 0.262 e. The predicted molar refractivity (Wildman–Crippen MR) is 142 cm³/mol. The maximum absolute atomic E-state index is 13.2. The fraction of sp³-hybridized carbons (Fsp3) is 0.0714. The number of hydrogen-bond acceptors (Lipinski definition) is 4. The lowest BCUT2D eigenvalue weighted by Gasteiger charge is -2.17. The number of thioether (sulfide) groups is 1. The number of anilines is 2. The van der Waals surface area contributed by atoms with Crippen LogP contribution in [0.25, 0.3) is 0 Å². The maximum atomic E-state index is 13.2. The highest BCUT2D eigenvalue weighted by molar-refractivity contribution is 8.00. The summed E-state index contributed by atoms with van der Waals surface area (Å²) in [5.74, 6) is 0.246. The number of carbonyl (C=O) groups excluding carboxylic acids is 2. The van der Waals surface area contributed by atoms with Crippen LogP contribution in [-0.4, -0.2) is 18.4 Å². The molecule has 0 saturated carbocycles. The Morgan fingerprint density at radius 3 is 1.97 bits per heavy atom. The molecule has 2 amide bonds. The zero-order valence-corrected chi connectivity index (χ0v) is 20.3. The van der Waals surface area contributed by atoms with Crippen LogP contribution in [-0.2, 0) is 9.59 Å². The lowest BCUT2D eigenvalue weighted by molar-refractivity contribution is -0.118. The van der Waals surface area contributed by atoms with Crippen molar-refractivity contribution in [2.24, 2.45) is 0 Å². The summed E-state index contributed by atoms with van der Waals surface area (Å²) < 4.78 is 5.48. The van der Waals surface area contributed by atoms with E-state index in [-0.39, 0.29) is 18.4 Å². The molecule has 35 heavy (non-hydrogen) atoms. The van der Waals surface area contributed by atoms with Gasteiger partial charge in [-0.15, -0.1) is 11.8 Å². The van der Waals surface area contributed by atoms with Crippen molar-refractivity contribution in [3.63, 3.8) is 0 Å². The van der Waals surface area contributed by atoms with Crippen LogP contribution in [0.4, 0.5) is 11.4 Å². The van der Waals surface area contributed by atoms with Crippen molar-refractivity contribution < 1.29 is 14.3 Å². The van der Waals surface area contributed by atoms with Crippen molar-refractivity contribution in [2.45, 2.75) is 10.1 Å². The second-order valence-electron chi connectivity index (χ2n) is 7.58. The molecule has 4 aromatic carbocycles. The number of hydrogen-bond donors (Lipinski definition) is 2. The normalized spacial score (nSPS) is 11.3. The topological polar surface area (TPSA) is 67.4 Å². The van der Waals surface area contributed by atoms with Gasteiger partial charge < -0.3 is 15.4 Å². The summed E-state index contributed by atoms with van der Waals surface area (Å²) in [6, 6.07) is 33.2. The second kappa shape index (κ2) is 12.1. The van der Waals surface area contributed by atoms with E-state index in [0.717, 1.165) is 10.5 Å². The van der Waals surface area contributed by atoms with Gasteiger partial charge in [0.1, 0.15) is 11.0 Å². The molecule has 1 unspecified atom stereocenters. The number of ether oxygens (including phenoxy) is 1. The Balaban J connectivity index is 1.40. The van der Waals surface area contributed by atoms with E-state index in [1.165, 1.54) is 11.8 Å². The van der Waals surface area contributed by atoms with Gasteiger partial charge in [0.05, 0.1) is 0 Å². The van der Waals surface area contributed by atoms with Gasteiger partial charge in [-0.3, -0.25) is 9.59 Å².